The Morgan fingerprint density at radius 3 is 2.54 bits per heavy atom. The van der Waals surface area contributed by atoms with Gasteiger partial charge in [0.1, 0.15) is 5.76 Å². The summed E-state index contributed by atoms with van der Waals surface area (Å²) >= 11 is 12.0. The van der Waals surface area contributed by atoms with Gasteiger partial charge in [-0.3, -0.25) is 14.5 Å². The van der Waals surface area contributed by atoms with Crippen LogP contribution in [0.3, 0.4) is 0 Å². The molecule has 7 nitrogen and oxygen atoms in total. The normalized spacial score (nSPS) is 15.1. The molecule has 1 aliphatic heterocycles. The Morgan fingerprint density at radius 1 is 1.19 bits per heavy atom. The molecule has 9 heteroatoms. The van der Waals surface area contributed by atoms with E-state index in [0.717, 1.165) is 0 Å². The molecular weight excluding hydrogens is 379 g/mol. The van der Waals surface area contributed by atoms with Gasteiger partial charge in [-0.1, -0.05) is 28.4 Å². The standard InChI is InChI=1S/C17H18Cl2N4O3/c1-11-8-15(21-26-11)20-16(24)10-22-4-6-23(7-5-22)17(25)13-3-2-12(18)9-14(13)19/h2-3,8-9H,4-7,10H2,1H3,(H,20,21,24). The predicted molar refractivity (Wildman–Crippen MR) is 98.7 cm³/mol. The van der Waals surface area contributed by atoms with E-state index in [9.17, 15) is 9.59 Å². The average Bonchev–Trinajstić information content (AvgIpc) is 2.99. The van der Waals surface area contributed by atoms with Gasteiger partial charge in [0.2, 0.25) is 5.91 Å². The van der Waals surface area contributed by atoms with Crippen LogP contribution in [0, 0.1) is 6.92 Å². The van der Waals surface area contributed by atoms with Gasteiger partial charge in [0.15, 0.2) is 5.82 Å². The summed E-state index contributed by atoms with van der Waals surface area (Å²) < 4.78 is 4.91. The summed E-state index contributed by atoms with van der Waals surface area (Å²) in [4.78, 5) is 28.4. The number of amides is 2. The number of carbonyl (C=O) groups is 2. The second kappa shape index (κ2) is 8.07. The lowest BCUT2D eigenvalue weighted by molar-refractivity contribution is -0.117. The minimum absolute atomic E-state index is 0.131. The average molecular weight is 397 g/mol. The van der Waals surface area contributed by atoms with E-state index in [1.165, 1.54) is 0 Å². The van der Waals surface area contributed by atoms with E-state index in [1.54, 1.807) is 36.1 Å². The van der Waals surface area contributed by atoms with Crippen molar-refractivity contribution in [2.75, 3.05) is 38.0 Å². The Kier molecular flexibility index (Phi) is 5.80. The van der Waals surface area contributed by atoms with Crippen molar-refractivity contribution in [3.63, 3.8) is 0 Å². The Labute approximate surface area is 160 Å². The van der Waals surface area contributed by atoms with E-state index in [0.29, 0.717) is 53.4 Å². The fourth-order valence-corrected chi connectivity index (χ4v) is 3.24. The molecule has 3 rings (SSSR count). The number of hydrogen-bond donors (Lipinski definition) is 1. The molecule has 26 heavy (non-hydrogen) atoms. The number of hydrogen-bond acceptors (Lipinski definition) is 5. The Morgan fingerprint density at radius 2 is 1.92 bits per heavy atom. The second-order valence-corrected chi connectivity index (χ2v) is 6.91. The quantitative estimate of drug-likeness (QED) is 0.859. The Bertz CT molecular complexity index is 816. The molecule has 1 saturated heterocycles. The number of anilines is 1. The summed E-state index contributed by atoms with van der Waals surface area (Å²) in [7, 11) is 0. The number of aromatic nitrogens is 1. The van der Waals surface area contributed by atoms with Crippen molar-refractivity contribution >= 4 is 40.8 Å². The lowest BCUT2D eigenvalue weighted by atomic mass is 10.1. The maximum atomic E-state index is 12.6. The van der Waals surface area contributed by atoms with Crippen molar-refractivity contribution < 1.29 is 14.1 Å². The van der Waals surface area contributed by atoms with E-state index >= 15 is 0 Å². The zero-order chi connectivity index (χ0) is 18.7. The SMILES string of the molecule is Cc1cc(NC(=O)CN2CCN(C(=O)c3ccc(Cl)cc3Cl)CC2)no1. The molecule has 0 bridgehead atoms. The largest absolute Gasteiger partial charge is 0.360 e. The number of carbonyl (C=O) groups excluding carboxylic acids is 2. The molecule has 1 fully saturated rings. The van der Waals surface area contributed by atoms with Crippen LogP contribution in [0.5, 0.6) is 0 Å². The summed E-state index contributed by atoms with van der Waals surface area (Å²) in [6.45, 7) is 4.23. The topological polar surface area (TPSA) is 78.7 Å². The highest BCUT2D eigenvalue weighted by molar-refractivity contribution is 6.36. The van der Waals surface area contributed by atoms with Crippen LogP contribution in [0.25, 0.3) is 0 Å². The number of nitrogens with zero attached hydrogens (tertiary/aromatic N) is 3. The molecule has 2 aromatic rings. The third kappa shape index (κ3) is 4.55. The monoisotopic (exact) mass is 396 g/mol. The van der Waals surface area contributed by atoms with Gasteiger partial charge < -0.3 is 14.7 Å². The minimum Gasteiger partial charge on any atom is -0.360 e. The summed E-state index contributed by atoms with van der Waals surface area (Å²) in [5.74, 6) is 0.736. The summed E-state index contributed by atoms with van der Waals surface area (Å²) in [6.07, 6.45) is 0. The molecule has 138 valence electrons. The van der Waals surface area contributed by atoms with Crippen molar-refractivity contribution in [3.8, 4) is 0 Å². The van der Waals surface area contributed by atoms with Crippen LogP contribution in [-0.4, -0.2) is 59.5 Å². The van der Waals surface area contributed by atoms with Crippen molar-refractivity contribution in [3.05, 3.63) is 45.6 Å². The summed E-state index contributed by atoms with van der Waals surface area (Å²) in [5.41, 5.74) is 0.434. The molecule has 0 unspecified atom stereocenters. The van der Waals surface area contributed by atoms with Gasteiger partial charge >= 0.3 is 0 Å². The van der Waals surface area contributed by atoms with Crippen LogP contribution in [0.2, 0.25) is 10.0 Å². The van der Waals surface area contributed by atoms with Crippen LogP contribution >= 0.6 is 23.2 Å². The number of aryl methyl sites for hydroxylation is 1. The lowest BCUT2D eigenvalue weighted by Gasteiger charge is -2.34. The number of benzene rings is 1. The van der Waals surface area contributed by atoms with Crippen LogP contribution < -0.4 is 5.32 Å². The number of nitrogens with one attached hydrogen (secondary N) is 1. The van der Waals surface area contributed by atoms with Crippen molar-refractivity contribution in [1.82, 2.24) is 15.0 Å². The molecule has 0 saturated carbocycles. The van der Waals surface area contributed by atoms with Gasteiger partial charge in [-0.2, -0.15) is 0 Å². The highest BCUT2D eigenvalue weighted by atomic mass is 35.5. The molecule has 1 aliphatic rings. The first-order chi connectivity index (χ1) is 12.4. The van der Waals surface area contributed by atoms with Gasteiger partial charge in [-0.15, -0.1) is 0 Å². The molecule has 1 aromatic heterocycles. The molecule has 2 heterocycles. The zero-order valence-electron chi connectivity index (χ0n) is 14.2. The molecule has 0 atom stereocenters. The third-order valence-corrected chi connectivity index (χ3v) is 4.63. The van der Waals surface area contributed by atoms with E-state index in [1.807, 2.05) is 4.90 Å². The maximum absolute atomic E-state index is 12.6. The van der Waals surface area contributed by atoms with Crippen LogP contribution in [0.15, 0.2) is 28.8 Å². The van der Waals surface area contributed by atoms with Gasteiger partial charge in [0.05, 0.1) is 17.1 Å². The second-order valence-electron chi connectivity index (χ2n) is 6.06. The highest BCUT2D eigenvalue weighted by Gasteiger charge is 2.24. The van der Waals surface area contributed by atoms with Crippen LogP contribution in [0.1, 0.15) is 16.1 Å². The number of piperazine rings is 1. The molecule has 0 radical (unpaired) electrons. The highest BCUT2D eigenvalue weighted by Crippen LogP contribution is 2.22. The maximum Gasteiger partial charge on any atom is 0.255 e. The first-order valence-electron chi connectivity index (χ1n) is 8.12. The van der Waals surface area contributed by atoms with Crippen molar-refractivity contribution in [1.29, 1.82) is 0 Å². The minimum atomic E-state index is -0.168. The number of rotatable bonds is 4. The van der Waals surface area contributed by atoms with Crippen LogP contribution in [0.4, 0.5) is 5.82 Å². The van der Waals surface area contributed by atoms with Crippen molar-refractivity contribution in [2.24, 2.45) is 0 Å². The first kappa shape index (κ1) is 18.7. The van der Waals surface area contributed by atoms with Gasteiger partial charge in [-0.25, -0.2) is 0 Å². The number of halogens is 2. The Balaban J connectivity index is 1.50. The summed E-state index contributed by atoms with van der Waals surface area (Å²) in [5, 5.41) is 7.25. The van der Waals surface area contributed by atoms with Gasteiger partial charge in [-0.05, 0) is 25.1 Å². The van der Waals surface area contributed by atoms with E-state index in [-0.39, 0.29) is 18.4 Å². The van der Waals surface area contributed by atoms with Gasteiger partial charge in [0.25, 0.3) is 5.91 Å². The molecule has 1 aromatic carbocycles. The van der Waals surface area contributed by atoms with E-state index in [4.69, 9.17) is 27.7 Å². The molecular formula is C17H18Cl2N4O3. The van der Waals surface area contributed by atoms with E-state index in [2.05, 4.69) is 10.5 Å². The fraction of sp³-hybridized carbons (Fsp3) is 0.353. The molecule has 0 aliphatic carbocycles. The summed E-state index contributed by atoms with van der Waals surface area (Å²) in [6, 6.07) is 6.49. The smallest absolute Gasteiger partial charge is 0.255 e. The van der Waals surface area contributed by atoms with Crippen molar-refractivity contribution in [2.45, 2.75) is 6.92 Å². The first-order valence-corrected chi connectivity index (χ1v) is 8.88. The van der Waals surface area contributed by atoms with Gasteiger partial charge in [0, 0.05) is 37.3 Å². The Hall–Kier alpha value is -2.09. The predicted octanol–water partition coefficient (Wildman–Crippen LogP) is 2.69. The fourth-order valence-electron chi connectivity index (χ4n) is 2.75. The lowest BCUT2D eigenvalue weighted by Crippen LogP contribution is -2.50. The van der Waals surface area contributed by atoms with E-state index < -0.39 is 0 Å². The zero-order valence-corrected chi connectivity index (χ0v) is 15.7. The molecule has 0 spiro atoms. The molecule has 2 amide bonds. The molecule has 1 N–H and O–H groups in total. The van der Waals surface area contributed by atoms with Crippen LogP contribution in [-0.2, 0) is 4.79 Å². The third-order valence-electron chi connectivity index (χ3n) is 4.08.